The van der Waals surface area contributed by atoms with Gasteiger partial charge in [-0.05, 0) is 48.6 Å². The summed E-state index contributed by atoms with van der Waals surface area (Å²) < 4.78 is 15.5. The van der Waals surface area contributed by atoms with Gasteiger partial charge in [0.15, 0.2) is 6.61 Å². The molecule has 3 amide bonds. The van der Waals surface area contributed by atoms with Gasteiger partial charge >= 0.3 is 5.97 Å². The Hall–Kier alpha value is -3.30. The maximum absolute atomic E-state index is 13.2. The number of carbonyl (C=O) groups is 4. The van der Waals surface area contributed by atoms with Crippen molar-refractivity contribution in [2.45, 2.75) is 17.2 Å². The van der Waals surface area contributed by atoms with Gasteiger partial charge in [-0.25, -0.2) is 4.79 Å². The van der Waals surface area contributed by atoms with Crippen LogP contribution < -0.4 is 19.7 Å². The molecule has 2 bridgehead atoms. The molecule has 0 radical (unpaired) electrons. The maximum Gasteiger partial charge on any atom is 0.338 e. The van der Waals surface area contributed by atoms with Crippen LogP contribution in [0.5, 0.6) is 11.5 Å². The zero-order valence-electron chi connectivity index (χ0n) is 20.0. The minimum atomic E-state index is -0.778. The average Bonchev–Trinajstić information content (AvgIpc) is 3.52. The van der Waals surface area contributed by atoms with E-state index in [1.54, 1.807) is 30.3 Å². The number of alkyl halides is 2. The van der Waals surface area contributed by atoms with Gasteiger partial charge < -0.3 is 19.5 Å². The highest BCUT2D eigenvalue weighted by Gasteiger charge is 2.66. The molecule has 2 saturated carbocycles. The second-order valence-corrected chi connectivity index (χ2v) is 10.3. The number of nitrogens with zero attached hydrogens (tertiary/aromatic N) is 1. The summed E-state index contributed by atoms with van der Waals surface area (Å²) in [5.74, 6) is -2.35. The predicted molar refractivity (Wildman–Crippen MR) is 135 cm³/mol. The lowest BCUT2D eigenvalue weighted by atomic mass is 9.80. The Bertz CT molecular complexity index is 1250. The lowest BCUT2D eigenvalue weighted by Crippen LogP contribution is -2.37. The Morgan fingerprint density at radius 2 is 1.65 bits per heavy atom. The number of rotatable bonds is 7. The van der Waals surface area contributed by atoms with Crippen LogP contribution in [0.1, 0.15) is 16.8 Å². The number of fused-ring (bicyclic) bond motifs is 5. The van der Waals surface area contributed by atoms with Gasteiger partial charge in [-0.1, -0.05) is 6.07 Å². The third kappa shape index (κ3) is 4.30. The van der Waals surface area contributed by atoms with E-state index in [2.05, 4.69) is 5.32 Å². The molecule has 2 aliphatic carbocycles. The lowest BCUT2D eigenvalue weighted by Gasteiger charge is -2.28. The van der Waals surface area contributed by atoms with Gasteiger partial charge in [0.05, 0.1) is 53.7 Å². The van der Waals surface area contributed by atoms with Crippen molar-refractivity contribution >= 4 is 58.3 Å². The molecule has 1 N–H and O–H groups in total. The first kappa shape index (κ1) is 25.4. The molecule has 3 aliphatic rings. The van der Waals surface area contributed by atoms with Gasteiger partial charge in [0, 0.05) is 6.07 Å². The number of methoxy groups -OCH3 is 2. The van der Waals surface area contributed by atoms with Crippen molar-refractivity contribution in [1.29, 1.82) is 0 Å². The maximum atomic E-state index is 13.2. The van der Waals surface area contributed by atoms with Crippen LogP contribution in [0.4, 0.5) is 11.4 Å². The van der Waals surface area contributed by atoms with E-state index in [9.17, 15) is 19.2 Å². The zero-order chi connectivity index (χ0) is 26.4. The number of anilines is 2. The van der Waals surface area contributed by atoms with E-state index in [1.807, 2.05) is 0 Å². The largest absolute Gasteiger partial charge is 0.497 e. The Kier molecular flexibility index (Phi) is 6.76. The fourth-order valence-corrected chi connectivity index (χ4v) is 6.57. The summed E-state index contributed by atoms with van der Waals surface area (Å²) in [7, 11) is 2.96. The fourth-order valence-electron chi connectivity index (χ4n) is 5.68. The van der Waals surface area contributed by atoms with Crippen LogP contribution in [0.15, 0.2) is 42.5 Å². The lowest BCUT2D eigenvalue weighted by molar-refractivity contribution is -0.123. The van der Waals surface area contributed by atoms with E-state index >= 15 is 0 Å². The average molecular weight is 547 g/mol. The fraction of sp³-hybridized carbons (Fsp3) is 0.385. The Balaban J connectivity index is 1.25. The quantitative estimate of drug-likeness (QED) is 0.321. The number of hydrogen-bond donors (Lipinski definition) is 1. The van der Waals surface area contributed by atoms with Crippen LogP contribution in [0.2, 0.25) is 0 Å². The van der Waals surface area contributed by atoms with Crippen molar-refractivity contribution < 1.29 is 33.4 Å². The molecule has 1 saturated heterocycles. The summed E-state index contributed by atoms with van der Waals surface area (Å²) in [5, 5.41) is 1.91. The topological polar surface area (TPSA) is 111 Å². The number of halogens is 2. The molecule has 9 nitrogen and oxygen atoms in total. The van der Waals surface area contributed by atoms with Crippen LogP contribution in [0.25, 0.3) is 0 Å². The van der Waals surface area contributed by atoms with E-state index in [0.717, 1.165) is 4.90 Å². The van der Waals surface area contributed by atoms with Crippen molar-refractivity contribution in [2.75, 3.05) is 31.0 Å². The molecule has 37 heavy (non-hydrogen) atoms. The summed E-state index contributed by atoms with van der Waals surface area (Å²) in [6, 6.07) is 10.9. The van der Waals surface area contributed by atoms with Crippen molar-refractivity contribution in [3.05, 3.63) is 48.0 Å². The van der Waals surface area contributed by atoms with Crippen LogP contribution in [0.3, 0.4) is 0 Å². The van der Waals surface area contributed by atoms with Crippen LogP contribution in [-0.2, 0) is 19.1 Å². The highest BCUT2D eigenvalue weighted by Crippen LogP contribution is 2.59. The monoisotopic (exact) mass is 546 g/mol. The van der Waals surface area contributed by atoms with E-state index in [-0.39, 0.29) is 45.7 Å². The molecule has 6 atom stereocenters. The van der Waals surface area contributed by atoms with E-state index in [0.29, 0.717) is 23.6 Å². The molecule has 0 unspecified atom stereocenters. The number of amides is 3. The third-order valence-corrected chi connectivity index (χ3v) is 8.66. The summed E-state index contributed by atoms with van der Waals surface area (Å²) in [6.07, 6.45) is 0.666. The van der Waals surface area contributed by atoms with Gasteiger partial charge in [-0.3, -0.25) is 19.3 Å². The van der Waals surface area contributed by atoms with Gasteiger partial charge in [0.1, 0.15) is 11.5 Å². The number of imide groups is 1. The van der Waals surface area contributed by atoms with Crippen LogP contribution >= 0.6 is 23.2 Å². The second-order valence-electron chi connectivity index (χ2n) is 9.26. The van der Waals surface area contributed by atoms with E-state index in [1.165, 1.54) is 26.4 Å². The smallest absolute Gasteiger partial charge is 0.338 e. The minimum absolute atomic E-state index is 0.0957. The van der Waals surface area contributed by atoms with E-state index < -0.39 is 30.3 Å². The molecule has 194 valence electrons. The Morgan fingerprint density at radius 1 is 0.973 bits per heavy atom. The normalized spacial score (nSPS) is 27.7. The SMILES string of the molecule is COc1ccc(NC(=O)COC(=O)c2cccc(N3C(=O)[C@@H]4[C@H]5C[C@@H]([C@H](Cl)[C@@H]5Cl)[C@@H]4C3=O)c2)c(OC)c1. The molecule has 1 heterocycles. The van der Waals surface area contributed by atoms with Gasteiger partial charge in [0.2, 0.25) is 11.8 Å². The first-order chi connectivity index (χ1) is 17.7. The van der Waals surface area contributed by atoms with Gasteiger partial charge in [0.25, 0.3) is 5.91 Å². The van der Waals surface area contributed by atoms with Crippen LogP contribution in [0, 0.1) is 23.7 Å². The van der Waals surface area contributed by atoms with Crippen molar-refractivity contribution in [2.24, 2.45) is 23.7 Å². The standard InChI is InChI=1S/C26H24Cl2N2O7/c1-35-14-6-7-17(18(9-14)36-2)29-19(31)11-37-26(34)12-4-3-5-13(8-12)30-24(32)20-15-10-16(21(20)25(30)33)23(28)22(15)27/h3-9,15-16,20-23H,10-11H2,1-2H3,(H,29,31)/t15-,16-,20-,21+,22-,23+/m1/s1. The predicted octanol–water partition coefficient (Wildman–Crippen LogP) is 3.47. The molecule has 11 heteroatoms. The highest BCUT2D eigenvalue weighted by atomic mass is 35.5. The highest BCUT2D eigenvalue weighted by molar-refractivity contribution is 6.32. The minimum Gasteiger partial charge on any atom is -0.497 e. The number of hydrogen-bond acceptors (Lipinski definition) is 7. The molecule has 5 rings (SSSR count). The second kappa shape index (κ2) is 9.87. The van der Waals surface area contributed by atoms with Crippen LogP contribution in [-0.4, -0.2) is 55.3 Å². The molecule has 2 aromatic rings. The zero-order valence-corrected chi connectivity index (χ0v) is 21.5. The number of nitrogens with one attached hydrogen (secondary N) is 1. The summed E-state index contributed by atoms with van der Waals surface area (Å²) >= 11 is 12.8. The first-order valence-electron chi connectivity index (χ1n) is 11.7. The Morgan fingerprint density at radius 3 is 2.27 bits per heavy atom. The summed E-state index contributed by atoms with van der Waals surface area (Å²) in [4.78, 5) is 52.6. The molecular weight excluding hydrogens is 523 g/mol. The molecule has 2 aromatic carbocycles. The molecule has 0 aromatic heterocycles. The Labute approximate surface area is 222 Å². The van der Waals surface area contributed by atoms with Crippen molar-refractivity contribution in [3.63, 3.8) is 0 Å². The molecule has 0 spiro atoms. The van der Waals surface area contributed by atoms with Crippen molar-refractivity contribution in [3.8, 4) is 11.5 Å². The number of benzene rings is 2. The van der Waals surface area contributed by atoms with E-state index in [4.69, 9.17) is 37.4 Å². The summed E-state index contributed by atoms with van der Waals surface area (Å²) in [5.41, 5.74) is 0.747. The number of esters is 1. The van der Waals surface area contributed by atoms with Gasteiger partial charge in [-0.15, -0.1) is 23.2 Å². The summed E-state index contributed by atoms with van der Waals surface area (Å²) in [6.45, 7) is -0.554. The third-order valence-electron chi connectivity index (χ3n) is 7.34. The van der Waals surface area contributed by atoms with Gasteiger partial charge in [-0.2, -0.15) is 0 Å². The number of carbonyl (C=O) groups excluding carboxylic acids is 4. The molecule has 3 fully saturated rings. The first-order valence-corrected chi connectivity index (χ1v) is 12.6. The molecule has 1 aliphatic heterocycles. The number of ether oxygens (including phenoxy) is 3. The van der Waals surface area contributed by atoms with Crippen molar-refractivity contribution in [1.82, 2.24) is 0 Å². The molecular formula is C26H24Cl2N2O7.